The number of carbonyl (C=O) groups is 1. The van der Waals surface area contributed by atoms with Crippen molar-refractivity contribution in [3.05, 3.63) is 51.5 Å². The van der Waals surface area contributed by atoms with E-state index in [4.69, 9.17) is 0 Å². The highest BCUT2D eigenvalue weighted by atomic mass is 32.1. The van der Waals surface area contributed by atoms with Gasteiger partial charge in [0.1, 0.15) is 0 Å². The van der Waals surface area contributed by atoms with Crippen LogP contribution in [-0.2, 0) is 17.4 Å². The largest absolute Gasteiger partial charge is 0.416 e. The second-order valence-corrected chi connectivity index (χ2v) is 5.75. The summed E-state index contributed by atoms with van der Waals surface area (Å²) in [5.74, 6) is 5.01. The maximum atomic E-state index is 12.6. The number of hydrogen-bond donors (Lipinski definition) is 1. The number of hydrogen-bond acceptors (Lipinski definition) is 3. The number of amides is 1. The number of alkyl halides is 3. The van der Waals surface area contributed by atoms with Gasteiger partial charge >= 0.3 is 6.18 Å². The summed E-state index contributed by atoms with van der Waals surface area (Å²) in [6.07, 6.45) is -4.23. The standard InChI is InChI=1S/C16H13F3N2OS/c1-11-21-14(10-23-11)9-15(22)20-7-3-5-12-4-2-6-13(8-12)16(17,18)19/h2,4,6,8,10H,7,9H2,1H3,(H,20,22). The first-order valence-electron chi connectivity index (χ1n) is 6.68. The predicted molar refractivity (Wildman–Crippen MR) is 81.9 cm³/mol. The molecule has 0 aliphatic carbocycles. The number of halogens is 3. The fraction of sp³-hybridized carbons (Fsp3) is 0.250. The molecule has 7 heteroatoms. The SMILES string of the molecule is Cc1nc(CC(=O)NCC#Cc2cccc(C(F)(F)F)c2)cs1. The Morgan fingerprint density at radius 1 is 1.39 bits per heavy atom. The lowest BCUT2D eigenvalue weighted by molar-refractivity contribution is -0.137. The van der Waals surface area contributed by atoms with Crippen LogP contribution in [0, 0.1) is 18.8 Å². The molecule has 1 N–H and O–H groups in total. The summed E-state index contributed by atoms with van der Waals surface area (Å²) in [6.45, 7) is 1.92. The molecule has 3 nitrogen and oxygen atoms in total. The van der Waals surface area contributed by atoms with Crippen molar-refractivity contribution < 1.29 is 18.0 Å². The van der Waals surface area contributed by atoms with Crippen molar-refractivity contribution in [2.24, 2.45) is 0 Å². The van der Waals surface area contributed by atoms with Crippen LogP contribution in [0.5, 0.6) is 0 Å². The topological polar surface area (TPSA) is 42.0 Å². The number of benzene rings is 1. The molecule has 0 saturated heterocycles. The van der Waals surface area contributed by atoms with Crippen molar-refractivity contribution >= 4 is 17.2 Å². The maximum Gasteiger partial charge on any atom is 0.416 e. The van der Waals surface area contributed by atoms with Gasteiger partial charge in [-0.05, 0) is 25.1 Å². The Hall–Kier alpha value is -2.33. The van der Waals surface area contributed by atoms with Crippen molar-refractivity contribution in [1.82, 2.24) is 10.3 Å². The molecule has 2 rings (SSSR count). The number of aryl methyl sites for hydroxylation is 1. The van der Waals surface area contributed by atoms with Gasteiger partial charge in [0.2, 0.25) is 5.91 Å². The number of nitrogens with zero attached hydrogens (tertiary/aromatic N) is 1. The molecule has 1 amide bonds. The van der Waals surface area contributed by atoms with E-state index in [1.165, 1.54) is 23.5 Å². The van der Waals surface area contributed by atoms with Gasteiger partial charge in [-0.15, -0.1) is 11.3 Å². The van der Waals surface area contributed by atoms with Crippen LogP contribution in [-0.4, -0.2) is 17.4 Å². The fourth-order valence-corrected chi connectivity index (χ4v) is 2.39. The Kier molecular flexibility index (Phi) is 5.40. The van der Waals surface area contributed by atoms with Gasteiger partial charge in [0.25, 0.3) is 0 Å². The number of rotatable bonds is 3. The van der Waals surface area contributed by atoms with E-state index >= 15 is 0 Å². The molecule has 0 spiro atoms. The lowest BCUT2D eigenvalue weighted by atomic mass is 10.1. The van der Waals surface area contributed by atoms with E-state index in [-0.39, 0.29) is 24.4 Å². The molecule has 0 atom stereocenters. The zero-order valence-corrected chi connectivity index (χ0v) is 13.0. The summed E-state index contributed by atoms with van der Waals surface area (Å²) in [6, 6.07) is 4.76. The average Bonchev–Trinajstić information content (AvgIpc) is 2.88. The van der Waals surface area contributed by atoms with Crippen LogP contribution in [0.25, 0.3) is 0 Å². The minimum absolute atomic E-state index is 0.0677. The molecule has 120 valence electrons. The average molecular weight is 338 g/mol. The number of carbonyl (C=O) groups excluding carboxylic acids is 1. The number of thiazole rings is 1. The zero-order chi connectivity index (χ0) is 16.9. The quantitative estimate of drug-likeness (QED) is 0.874. The molecular formula is C16H13F3N2OS. The molecule has 0 unspecified atom stereocenters. The molecule has 0 aliphatic rings. The van der Waals surface area contributed by atoms with Gasteiger partial charge in [0.05, 0.1) is 29.2 Å². The van der Waals surface area contributed by atoms with Crippen molar-refractivity contribution in [2.45, 2.75) is 19.5 Å². The molecular weight excluding hydrogens is 325 g/mol. The maximum absolute atomic E-state index is 12.6. The Balaban J connectivity index is 1.87. The minimum Gasteiger partial charge on any atom is -0.345 e. The highest BCUT2D eigenvalue weighted by molar-refractivity contribution is 7.09. The van der Waals surface area contributed by atoms with E-state index in [2.05, 4.69) is 22.1 Å². The summed E-state index contributed by atoms with van der Waals surface area (Å²) < 4.78 is 37.7. The van der Waals surface area contributed by atoms with Crippen LogP contribution in [0.15, 0.2) is 29.6 Å². The molecule has 1 heterocycles. The van der Waals surface area contributed by atoms with E-state index in [1.54, 1.807) is 0 Å². The van der Waals surface area contributed by atoms with Crippen LogP contribution >= 0.6 is 11.3 Å². The Labute approximate surface area is 135 Å². The molecule has 23 heavy (non-hydrogen) atoms. The third-order valence-electron chi connectivity index (χ3n) is 2.80. The monoisotopic (exact) mass is 338 g/mol. The Morgan fingerprint density at radius 2 is 2.17 bits per heavy atom. The summed E-state index contributed by atoms with van der Waals surface area (Å²) in [5.41, 5.74) is 0.201. The van der Waals surface area contributed by atoms with Gasteiger partial charge in [-0.1, -0.05) is 17.9 Å². The van der Waals surface area contributed by atoms with Crippen LogP contribution in [0.3, 0.4) is 0 Å². The van der Waals surface area contributed by atoms with Crippen LogP contribution in [0.1, 0.15) is 21.8 Å². The highest BCUT2D eigenvalue weighted by Crippen LogP contribution is 2.29. The Bertz CT molecular complexity index is 756. The molecule has 0 radical (unpaired) electrons. The van der Waals surface area contributed by atoms with Crippen LogP contribution in [0.2, 0.25) is 0 Å². The molecule has 0 saturated carbocycles. The zero-order valence-electron chi connectivity index (χ0n) is 12.2. The van der Waals surface area contributed by atoms with Crippen molar-refractivity contribution in [2.75, 3.05) is 6.54 Å². The third-order valence-corrected chi connectivity index (χ3v) is 3.63. The predicted octanol–water partition coefficient (Wildman–Crippen LogP) is 3.18. The van der Waals surface area contributed by atoms with Crippen molar-refractivity contribution in [3.8, 4) is 11.8 Å². The first-order valence-corrected chi connectivity index (χ1v) is 7.56. The van der Waals surface area contributed by atoms with Gasteiger partial charge in [-0.3, -0.25) is 4.79 Å². The lowest BCUT2D eigenvalue weighted by Gasteiger charge is -2.05. The minimum atomic E-state index is -4.39. The van der Waals surface area contributed by atoms with Gasteiger partial charge in [-0.2, -0.15) is 13.2 Å². The lowest BCUT2D eigenvalue weighted by Crippen LogP contribution is -2.25. The second-order valence-electron chi connectivity index (χ2n) is 4.69. The van der Waals surface area contributed by atoms with Gasteiger partial charge < -0.3 is 5.32 Å². The highest BCUT2D eigenvalue weighted by Gasteiger charge is 2.30. The van der Waals surface area contributed by atoms with E-state index in [1.807, 2.05) is 12.3 Å². The van der Waals surface area contributed by atoms with Crippen molar-refractivity contribution in [1.29, 1.82) is 0 Å². The van der Waals surface area contributed by atoms with E-state index < -0.39 is 11.7 Å². The van der Waals surface area contributed by atoms with E-state index in [0.717, 1.165) is 17.1 Å². The van der Waals surface area contributed by atoms with E-state index in [9.17, 15) is 18.0 Å². The van der Waals surface area contributed by atoms with Crippen molar-refractivity contribution in [3.63, 3.8) is 0 Å². The Morgan fingerprint density at radius 3 is 2.83 bits per heavy atom. The first-order chi connectivity index (χ1) is 10.8. The molecule has 2 aromatic rings. The summed E-state index contributed by atoms with van der Waals surface area (Å²) in [4.78, 5) is 15.8. The van der Waals surface area contributed by atoms with E-state index in [0.29, 0.717) is 5.69 Å². The molecule has 1 aromatic heterocycles. The summed E-state index contributed by atoms with van der Waals surface area (Å²) >= 11 is 1.46. The third kappa shape index (κ3) is 5.42. The van der Waals surface area contributed by atoms with Gasteiger partial charge in [0.15, 0.2) is 0 Å². The van der Waals surface area contributed by atoms with Gasteiger partial charge in [-0.25, -0.2) is 4.98 Å². The van der Waals surface area contributed by atoms with Crippen LogP contribution < -0.4 is 5.32 Å². The van der Waals surface area contributed by atoms with Crippen LogP contribution in [0.4, 0.5) is 13.2 Å². The fourth-order valence-electron chi connectivity index (χ4n) is 1.78. The number of aromatic nitrogens is 1. The summed E-state index contributed by atoms with van der Waals surface area (Å²) in [7, 11) is 0. The molecule has 0 aliphatic heterocycles. The first kappa shape index (κ1) is 17.0. The summed E-state index contributed by atoms with van der Waals surface area (Å²) in [5, 5.41) is 5.28. The number of nitrogens with one attached hydrogen (secondary N) is 1. The molecule has 0 bridgehead atoms. The second kappa shape index (κ2) is 7.29. The molecule has 1 aromatic carbocycles. The van der Waals surface area contributed by atoms with Gasteiger partial charge in [0, 0.05) is 10.9 Å². The normalized spacial score (nSPS) is 10.8. The molecule has 0 fully saturated rings. The smallest absolute Gasteiger partial charge is 0.345 e.